The van der Waals surface area contributed by atoms with E-state index < -0.39 is 17.5 Å². The third kappa shape index (κ3) is 3.00. The summed E-state index contributed by atoms with van der Waals surface area (Å²) in [5.74, 6) is -2.78. The van der Waals surface area contributed by atoms with Crippen molar-refractivity contribution in [2.45, 2.75) is 0 Å². The molecule has 1 amide bonds. The molecule has 0 radical (unpaired) electrons. The lowest BCUT2D eigenvalue weighted by Crippen LogP contribution is -2.13. The minimum atomic E-state index is -1.12. The van der Waals surface area contributed by atoms with E-state index in [2.05, 4.69) is 5.32 Å². The monoisotopic (exact) mass is 282 g/mol. The van der Waals surface area contributed by atoms with Crippen molar-refractivity contribution in [3.63, 3.8) is 0 Å². The Kier molecular flexibility index (Phi) is 3.66. The number of amides is 1. The summed E-state index contributed by atoms with van der Waals surface area (Å²) in [5.41, 5.74) is 5.76. The van der Waals surface area contributed by atoms with Gasteiger partial charge in [-0.2, -0.15) is 0 Å². The number of benzene rings is 2. The highest BCUT2D eigenvalue weighted by Gasteiger charge is 2.12. The average molecular weight is 283 g/mol. The third-order valence-corrected chi connectivity index (χ3v) is 2.60. The van der Waals surface area contributed by atoms with Crippen LogP contribution in [0.1, 0.15) is 10.4 Å². The number of halogens is 3. The molecule has 6 heteroatoms. The lowest BCUT2D eigenvalue weighted by molar-refractivity contribution is 0.102. The molecule has 3 N–H and O–H groups in total. The van der Waals surface area contributed by atoms with Gasteiger partial charge in [-0.1, -0.05) is 17.7 Å². The minimum absolute atomic E-state index is 0.161. The maximum atomic E-state index is 13.4. The minimum Gasteiger partial charge on any atom is -0.399 e. The van der Waals surface area contributed by atoms with Crippen LogP contribution in [0.25, 0.3) is 0 Å². The van der Waals surface area contributed by atoms with Crippen LogP contribution in [0.4, 0.5) is 20.2 Å². The van der Waals surface area contributed by atoms with E-state index >= 15 is 0 Å². The summed E-state index contributed by atoms with van der Waals surface area (Å²) in [7, 11) is 0. The maximum absolute atomic E-state index is 13.4. The number of carbonyl (C=O) groups is 1. The van der Waals surface area contributed by atoms with Crippen molar-refractivity contribution in [2.75, 3.05) is 11.1 Å². The SMILES string of the molecule is Nc1cc(Cl)cc(C(=O)Nc2cccc(F)c2F)c1. The fraction of sp³-hybridized carbons (Fsp3) is 0. The Morgan fingerprint density at radius 2 is 1.95 bits per heavy atom. The molecule has 0 aliphatic rings. The highest BCUT2D eigenvalue weighted by atomic mass is 35.5. The molecule has 0 heterocycles. The zero-order valence-corrected chi connectivity index (χ0v) is 10.3. The Morgan fingerprint density at radius 1 is 1.21 bits per heavy atom. The average Bonchev–Trinajstić information content (AvgIpc) is 2.33. The molecule has 2 rings (SSSR count). The molecule has 0 aromatic heterocycles. The Balaban J connectivity index is 2.28. The summed E-state index contributed by atoms with van der Waals surface area (Å²) in [6, 6.07) is 7.75. The van der Waals surface area contributed by atoms with Gasteiger partial charge in [-0.25, -0.2) is 8.78 Å². The quantitative estimate of drug-likeness (QED) is 0.829. The molecule has 0 aliphatic heterocycles. The number of carbonyl (C=O) groups excluding carboxylic acids is 1. The lowest BCUT2D eigenvalue weighted by atomic mass is 10.2. The van der Waals surface area contributed by atoms with Gasteiger partial charge in [0.15, 0.2) is 11.6 Å². The van der Waals surface area contributed by atoms with Gasteiger partial charge in [-0.05, 0) is 30.3 Å². The van der Waals surface area contributed by atoms with E-state index in [-0.39, 0.29) is 16.3 Å². The molecule has 98 valence electrons. The van der Waals surface area contributed by atoms with Crippen molar-refractivity contribution in [1.29, 1.82) is 0 Å². The van der Waals surface area contributed by atoms with Gasteiger partial charge in [0.2, 0.25) is 0 Å². The van der Waals surface area contributed by atoms with E-state index in [1.807, 2.05) is 0 Å². The number of anilines is 2. The van der Waals surface area contributed by atoms with Gasteiger partial charge >= 0.3 is 0 Å². The molecule has 3 nitrogen and oxygen atoms in total. The molecule has 0 atom stereocenters. The number of hydrogen-bond donors (Lipinski definition) is 2. The fourth-order valence-corrected chi connectivity index (χ4v) is 1.78. The molecule has 0 aliphatic carbocycles. The second kappa shape index (κ2) is 5.24. The van der Waals surface area contributed by atoms with Crippen LogP contribution in [0.15, 0.2) is 36.4 Å². The van der Waals surface area contributed by atoms with Crippen molar-refractivity contribution in [1.82, 2.24) is 0 Å². The maximum Gasteiger partial charge on any atom is 0.255 e. The summed E-state index contributed by atoms with van der Waals surface area (Å²) < 4.78 is 26.4. The van der Waals surface area contributed by atoms with Crippen LogP contribution >= 0.6 is 11.6 Å². The van der Waals surface area contributed by atoms with E-state index in [1.54, 1.807) is 0 Å². The molecule has 0 bridgehead atoms. The van der Waals surface area contributed by atoms with Crippen molar-refractivity contribution < 1.29 is 13.6 Å². The molecular formula is C13H9ClF2N2O. The van der Waals surface area contributed by atoms with Crippen LogP contribution in [0, 0.1) is 11.6 Å². The topological polar surface area (TPSA) is 55.1 Å². The van der Waals surface area contributed by atoms with E-state index in [0.717, 1.165) is 6.07 Å². The predicted octanol–water partition coefficient (Wildman–Crippen LogP) is 3.45. The first kappa shape index (κ1) is 13.3. The zero-order chi connectivity index (χ0) is 14.0. The molecule has 0 spiro atoms. The van der Waals surface area contributed by atoms with E-state index in [4.69, 9.17) is 17.3 Å². The van der Waals surface area contributed by atoms with Gasteiger partial charge in [0, 0.05) is 16.3 Å². The standard InChI is InChI=1S/C13H9ClF2N2O/c14-8-4-7(5-9(17)6-8)13(19)18-11-3-1-2-10(15)12(11)16/h1-6H,17H2,(H,18,19). The summed E-state index contributed by atoms with van der Waals surface area (Å²) in [6.45, 7) is 0. The normalized spacial score (nSPS) is 10.3. The van der Waals surface area contributed by atoms with Gasteiger partial charge in [0.1, 0.15) is 0 Å². The Labute approximate surface area is 113 Å². The molecule has 0 unspecified atom stereocenters. The van der Waals surface area contributed by atoms with Crippen LogP contribution in [-0.4, -0.2) is 5.91 Å². The van der Waals surface area contributed by atoms with E-state index in [9.17, 15) is 13.6 Å². The Morgan fingerprint density at radius 3 is 2.63 bits per heavy atom. The van der Waals surface area contributed by atoms with Crippen LogP contribution < -0.4 is 11.1 Å². The highest BCUT2D eigenvalue weighted by Crippen LogP contribution is 2.20. The number of nitrogens with two attached hydrogens (primary N) is 1. The van der Waals surface area contributed by atoms with Crippen molar-refractivity contribution in [3.05, 3.63) is 58.6 Å². The number of hydrogen-bond acceptors (Lipinski definition) is 2. The van der Waals surface area contributed by atoms with Gasteiger partial charge in [0.05, 0.1) is 5.69 Å². The molecule has 19 heavy (non-hydrogen) atoms. The molecule has 0 fully saturated rings. The summed E-state index contributed by atoms with van der Waals surface area (Å²) in [5, 5.41) is 2.54. The second-order valence-electron chi connectivity index (χ2n) is 3.83. The van der Waals surface area contributed by atoms with E-state index in [0.29, 0.717) is 5.69 Å². The number of nitrogen functional groups attached to an aromatic ring is 1. The molecule has 2 aromatic rings. The first-order valence-corrected chi connectivity index (χ1v) is 5.66. The first-order chi connectivity index (χ1) is 8.97. The largest absolute Gasteiger partial charge is 0.399 e. The van der Waals surface area contributed by atoms with Crippen LogP contribution in [0.3, 0.4) is 0 Å². The summed E-state index contributed by atoms with van der Waals surface area (Å²) in [4.78, 5) is 11.9. The zero-order valence-electron chi connectivity index (χ0n) is 9.58. The Hall–Kier alpha value is -2.14. The summed E-state index contributed by atoms with van der Waals surface area (Å²) in [6.07, 6.45) is 0. The molecule has 0 saturated carbocycles. The fourth-order valence-electron chi connectivity index (χ4n) is 1.54. The highest BCUT2D eigenvalue weighted by molar-refractivity contribution is 6.31. The molecule has 0 saturated heterocycles. The second-order valence-corrected chi connectivity index (χ2v) is 4.27. The first-order valence-electron chi connectivity index (χ1n) is 5.29. The predicted molar refractivity (Wildman–Crippen MR) is 70.2 cm³/mol. The van der Waals surface area contributed by atoms with Crippen LogP contribution in [0.2, 0.25) is 5.02 Å². The van der Waals surface area contributed by atoms with Crippen molar-refractivity contribution in [3.8, 4) is 0 Å². The van der Waals surface area contributed by atoms with Crippen molar-refractivity contribution >= 4 is 28.9 Å². The van der Waals surface area contributed by atoms with Crippen LogP contribution in [-0.2, 0) is 0 Å². The van der Waals surface area contributed by atoms with Gasteiger partial charge in [-0.15, -0.1) is 0 Å². The van der Waals surface area contributed by atoms with Crippen LogP contribution in [0.5, 0.6) is 0 Å². The van der Waals surface area contributed by atoms with Crippen molar-refractivity contribution in [2.24, 2.45) is 0 Å². The third-order valence-electron chi connectivity index (χ3n) is 2.38. The number of rotatable bonds is 2. The van der Waals surface area contributed by atoms with Gasteiger partial charge in [0.25, 0.3) is 5.91 Å². The van der Waals surface area contributed by atoms with E-state index in [1.165, 1.54) is 30.3 Å². The summed E-state index contributed by atoms with van der Waals surface area (Å²) >= 11 is 5.76. The number of nitrogens with one attached hydrogen (secondary N) is 1. The lowest BCUT2D eigenvalue weighted by Gasteiger charge is -2.07. The smallest absolute Gasteiger partial charge is 0.255 e. The Bertz CT molecular complexity index is 626. The van der Waals surface area contributed by atoms with Gasteiger partial charge < -0.3 is 11.1 Å². The molecular weight excluding hydrogens is 274 g/mol. The molecule has 2 aromatic carbocycles. The van der Waals surface area contributed by atoms with Gasteiger partial charge in [-0.3, -0.25) is 4.79 Å².